The Kier molecular flexibility index (Phi) is 6.79. The van der Waals surface area contributed by atoms with Crippen LogP contribution in [0.5, 0.6) is 0 Å². The third kappa shape index (κ3) is 5.09. The van der Waals surface area contributed by atoms with Crippen LogP contribution in [0.15, 0.2) is 30.9 Å². The van der Waals surface area contributed by atoms with Gasteiger partial charge in [-0.05, 0) is 43.5 Å². The Morgan fingerprint density at radius 2 is 1.66 bits per heavy atom. The van der Waals surface area contributed by atoms with Gasteiger partial charge >= 0.3 is 6.03 Å². The number of amides is 4. The Morgan fingerprint density at radius 3 is 2.24 bits per heavy atom. The molecule has 0 spiro atoms. The molecular weight excluding hydrogens is 392 g/mol. The lowest BCUT2D eigenvalue weighted by atomic mass is 9.95. The number of aryl methyl sites for hydroxylation is 1. The molecule has 0 aliphatic carbocycles. The van der Waals surface area contributed by atoms with Crippen LogP contribution >= 0.6 is 11.6 Å². The average Bonchev–Trinajstić information content (AvgIpc) is 2.75. The maximum absolute atomic E-state index is 12.8. The standard InChI is InChI=1S/C21H27ClN4O3/c1-3-19(27)24-8-6-16(7-9-24)20(28)25-10-12-26(13-11-25)21(29)23-17-5-4-15(2)18(22)14-17/h3-5,14,16H,1,6-13H2,2H3,(H,23,29). The van der Waals surface area contributed by atoms with E-state index in [1.54, 1.807) is 15.9 Å². The number of nitrogens with zero attached hydrogens (tertiary/aromatic N) is 3. The molecule has 0 radical (unpaired) electrons. The molecule has 29 heavy (non-hydrogen) atoms. The van der Waals surface area contributed by atoms with Gasteiger partial charge in [-0.25, -0.2) is 4.79 Å². The van der Waals surface area contributed by atoms with Crippen LogP contribution in [0.3, 0.4) is 0 Å². The van der Waals surface area contributed by atoms with Gasteiger partial charge in [0.05, 0.1) is 0 Å². The van der Waals surface area contributed by atoms with Crippen molar-refractivity contribution in [1.82, 2.24) is 14.7 Å². The van der Waals surface area contributed by atoms with E-state index in [-0.39, 0.29) is 23.8 Å². The fourth-order valence-electron chi connectivity index (χ4n) is 3.74. The molecule has 1 N–H and O–H groups in total. The fourth-order valence-corrected chi connectivity index (χ4v) is 3.92. The van der Waals surface area contributed by atoms with Crippen molar-refractivity contribution in [2.75, 3.05) is 44.6 Å². The first-order chi connectivity index (χ1) is 13.9. The molecule has 2 fully saturated rings. The fraction of sp³-hybridized carbons (Fsp3) is 0.476. The summed E-state index contributed by atoms with van der Waals surface area (Å²) in [6.07, 6.45) is 2.66. The number of urea groups is 1. The van der Waals surface area contributed by atoms with Crippen LogP contribution in [0.25, 0.3) is 0 Å². The summed E-state index contributed by atoms with van der Waals surface area (Å²) in [5.41, 5.74) is 1.61. The van der Waals surface area contributed by atoms with E-state index in [9.17, 15) is 14.4 Å². The van der Waals surface area contributed by atoms with Gasteiger partial charge in [0.15, 0.2) is 0 Å². The number of nitrogens with one attached hydrogen (secondary N) is 1. The topological polar surface area (TPSA) is 73.0 Å². The quantitative estimate of drug-likeness (QED) is 0.767. The normalized spacial score (nSPS) is 17.8. The highest BCUT2D eigenvalue weighted by atomic mass is 35.5. The van der Waals surface area contributed by atoms with Gasteiger partial charge in [0.1, 0.15) is 0 Å². The molecular formula is C21H27ClN4O3. The van der Waals surface area contributed by atoms with Crippen LogP contribution in [-0.4, -0.2) is 71.8 Å². The molecule has 0 aromatic heterocycles. The Balaban J connectivity index is 1.46. The molecule has 8 heteroatoms. The van der Waals surface area contributed by atoms with Crippen LogP contribution in [0.2, 0.25) is 5.02 Å². The summed E-state index contributed by atoms with van der Waals surface area (Å²) in [4.78, 5) is 42.3. The van der Waals surface area contributed by atoms with Gasteiger partial charge < -0.3 is 20.0 Å². The monoisotopic (exact) mass is 418 g/mol. The molecule has 2 saturated heterocycles. The highest BCUT2D eigenvalue weighted by molar-refractivity contribution is 6.31. The van der Waals surface area contributed by atoms with Gasteiger partial charge in [0.2, 0.25) is 11.8 Å². The molecule has 2 heterocycles. The third-order valence-electron chi connectivity index (χ3n) is 5.63. The molecule has 0 atom stereocenters. The highest BCUT2D eigenvalue weighted by Gasteiger charge is 2.32. The van der Waals surface area contributed by atoms with Crippen molar-refractivity contribution in [2.24, 2.45) is 5.92 Å². The zero-order valence-electron chi connectivity index (χ0n) is 16.7. The molecule has 3 rings (SSSR count). The predicted molar refractivity (Wildman–Crippen MR) is 113 cm³/mol. The van der Waals surface area contributed by atoms with Crippen molar-refractivity contribution >= 4 is 35.1 Å². The first-order valence-corrected chi connectivity index (χ1v) is 10.3. The second-order valence-electron chi connectivity index (χ2n) is 7.51. The Hall–Kier alpha value is -2.54. The molecule has 7 nitrogen and oxygen atoms in total. The van der Waals surface area contributed by atoms with Crippen molar-refractivity contribution < 1.29 is 14.4 Å². The minimum atomic E-state index is -0.187. The first-order valence-electron chi connectivity index (χ1n) is 9.91. The van der Waals surface area contributed by atoms with Gasteiger partial charge in [-0.2, -0.15) is 0 Å². The van der Waals surface area contributed by atoms with Crippen LogP contribution in [0.4, 0.5) is 10.5 Å². The van der Waals surface area contributed by atoms with Crippen molar-refractivity contribution in [1.29, 1.82) is 0 Å². The maximum atomic E-state index is 12.8. The maximum Gasteiger partial charge on any atom is 0.321 e. The van der Waals surface area contributed by atoms with Crippen LogP contribution in [0.1, 0.15) is 18.4 Å². The molecule has 1 aromatic rings. The largest absolute Gasteiger partial charge is 0.339 e. The number of piperidine rings is 1. The summed E-state index contributed by atoms with van der Waals surface area (Å²) in [6, 6.07) is 5.23. The second kappa shape index (κ2) is 9.31. The zero-order valence-corrected chi connectivity index (χ0v) is 17.5. The number of hydrogen-bond donors (Lipinski definition) is 1. The van der Waals surface area contributed by atoms with Crippen LogP contribution in [-0.2, 0) is 9.59 Å². The molecule has 0 bridgehead atoms. The van der Waals surface area contributed by atoms with E-state index < -0.39 is 0 Å². The zero-order chi connectivity index (χ0) is 21.0. The summed E-state index contributed by atoms with van der Waals surface area (Å²) in [6.45, 7) is 8.61. The van der Waals surface area contributed by atoms with Gasteiger partial charge in [-0.15, -0.1) is 0 Å². The van der Waals surface area contributed by atoms with Crippen LogP contribution < -0.4 is 5.32 Å². The summed E-state index contributed by atoms with van der Waals surface area (Å²) in [5, 5.41) is 3.47. The smallest absolute Gasteiger partial charge is 0.321 e. The second-order valence-corrected chi connectivity index (χ2v) is 7.92. The lowest BCUT2D eigenvalue weighted by molar-refractivity contribution is -0.140. The van der Waals surface area contributed by atoms with Gasteiger partial charge in [-0.1, -0.05) is 24.2 Å². The SMILES string of the molecule is C=CC(=O)N1CCC(C(=O)N2CCN(C(=O)Nc3ccc(C)c(Cl)c3)CC2)CC1. The minimum absolute atomic E-state index is 0.0565. The number of benzene rings is 1. The number of carbonyl (C=O) groups excluding carboxylic acids is 3. The summed E-state index contributed by atoms with van der Waals surface area (Å²) >= 11 is 6.11. The van der Waals surface area contributed by atoms with E-state index in [0.717, 1.165) is 5.56 Å². The average molecular weight is 419 g/mol. The van der Waals surface area contributed by atoms with Crippen molar-refractivity contribution in [3.8, 4) is 0 Å². The summed E-state index contributed by atoms with van der Waals surface area (Å²) in [5.74, 6) is -0.00888. The van der Waals surface area contributed by atoms with E-state index in [0.29, 0.717) is 62.8 Å². The van der Waals surface area contributed by atoms with E-state index in [2.05, 4.69) is 11.9 Å². The van der Waals surface area contributed by atoms with E-state index in [4.69, 9.17) is 11.6 Å². The predicted octanol–water partition coefficient (Wildman–Crippen LogP) is 2.75. The van der Waals surface area contributed by atoms with E-state index in [1.807, 2.05) is 24.0 Å². The number of halogens is 1. The van der Waals surface area contributed by atoms with E-state index >= 15 is 0 Å². The Morgan fingerprint density at radius 1 is 1.03 bits per heavy atom. The van der Waals surface area contributed by atoms with Crippen molar-refractivity contribution in [3.05, 3.63) is 41.4 Å². The minimum Gasteiger partial charge on any atom is -0.339 e. The number of hydrogen-bond acceptors (Lipinski definition) is 3. The Bertz CT molecular complexity index is 797. The Labute approximate surface area is 176 Å². The van der Waals surface area contributed by atoms with E-state index in [1.165, 1.54) is 6.08 Å². The summed E-state index contributed by atoms with van der Waals surface area (Å²) < 4.78 is 0. The molecule has 0 unspecified atom stereocenters. The lowest BCUT2D eigenvalue weighted by Gasteiger charge is -2.38. The van der Waals surface area contributed by atoms with Gasteiger partial charge in [0, 0.05) is 55.9 Å². The molecule has 0 saturated carbocycles. The van der Waals surface area contributed by atoms with Gasteiger partial charge in [-0.3, -0.25) is 9.59 Å². The van der Waals surface area contributed by atoms with Crippen molar-refractivity contribution in [2.45, 2.75) is 19.8 Å². The summed E-state index contributed by atoms with van der Waals surface area (Å²) in [7, 11) is 0. The van der Waals surface area contributed by atoms with Crippen molar-refractivity contribution in [3.63, 3.8) is 0 Å². The number of piperazine rings is 1. The molecule has 4 amide bonds. The highest BCUT2D eigenvalue weighted by Crippen LogP contribution is 2.22. The lowest BCUT2D eigenvalue weighted by Crippen LogP contribution is -2.53. The molecule has 156 valence electrons. The van der Waals surface area contributed by atoms with Gasteiger partial charge in [0.25, 0.3) is 0 Å². The molecule has 2 aliphatic heterocycles. The van der Waals surface area contributed by atoms with Crippen LogP contribution in [0, 0.1) is 12.8 Å². The molecule has 2 aliphatic rings. The first kappa shape index (κ1) is 21.2. The molecule has 1 aromatic carbocycles. The number of carbonyl (C=O) groups is 3. The number of rotatable bonds is 3. The number of likely N-dealkylation sites (tertiary alicyclic amines) is 1. The third-order valence-corrected chi connectivity index (χ3v) is 6.04. The number of anilines is 1.